The first kappa shape index (κ1) is 12.0. The van der Waals surface area contributed by atoms with E-state index in [0.29, 0.717) is 5.56 Å². The van der Waals surface area contributed by atoms with Crippen molar-refractivity contribution in [2.75, 3.05) is 7.11 Å². The highest BCUT2D eigenvalue weighted by Gasteiger charge is 2.21. The fourth-order valence-corrected chi connectivity index (χ4v) is 2.22. The number of ether oxygens (including phenoxy) is 1. The summed E-state index contributed by atoms with van der Waals surface area (Å²) >= 11 is 1.35. The van der Waals surface area contributed by atoms with Gasteiger partial charge in [-0.15, -0.1) is 0 Å². The Kier molecular flexibility index (Phi) is 3.40. The van der Waals surface area contributed by atoms with Crippen LogP contribution < -0.4 is 4.74 Å². The van der Waals surface area contributed by atoms with Gasteiger partial charge in [-0.25, -0.2) is 8.78 Å². The van der Waals surface area contributed by atoms with E-state index in [1.165, 1.54) is 18.4 Å². The van der Waals surface area contributed by atoms with Crippen molar-refractivity contribution in [3.05, 3.63) is 51.7 Å². The second kappa shape index (κ2) is 4.81. The molecule has 2 aromatic rings. The molecule has 0 saturated heterocycles. The lowest BCUT2D eigenvalue weighted by molar-refractivity contribution is 0.209. The van der Waals surface area contributed by atoms with Crippen molar-refractivity contribution in [3.63, 3.8) is 0 Å². The smallest absolute Gasteiger partial charge is 0.135 e. The van der Waals surface area contributed by atoms with Crippen molar-refractivity contribution in [3.8, 4) is 5.75 Å². The summed E-state index contributed by atoms with van der Waals surface area (Å²) in [7, 11) is 1.32. The van der Waals surface area contributed by atoms with E-state index in [2.05, 4.69) is 0 Å². The number of thiophene rings is 1. The van der Waals surface area contributed by atoms with Gasteiger partial charge < -0.3 is 9.84 Å². The summed E-state index contributed by atoms with van der Waals surface area (Å²) in [6.45, 7) is 0. The molecule has 1 atom stereocenters. The third-order valence-corrected chi connectivity index (χ3v) is 3.12. The molecule has 0 fully saturated rings. The molecule has 0 aliphatic rings. The Hall–Kier alpha value is -1.46. The van der Waals surface area contributed by atoms with Crippen molar-refractivity contribution in [1.29, 1.82) is 0 Å². The lowest BCUT2D eigenvalue weighted by atomic mass is 10.0. The Morgan fingerprint density at radius 1 is 1.29 bits per heavy atom. The third-order valence-electron chi connectivity index (χ3n) is 2.42. The molecule has 0 saturated carbocycles. The van der Waals surface area contributed by atoms with Gasteiger partial charge in [0.2, 0.25) is 0 Å². The first-order chi connectivity index (χ1) is 8.13. The van der Waals surface area contributed by atoms with E-state index in [-0.39, 0.29) is 11.3 Å². The summed E-state index contributed by atoms with van der Waals surface area (Å²) in [6.07, 6.45) is -1.30. The lowest BCUT2D eigenvalue weighted by Gasteiger charge is -2.12. The predicted octanol–water partition coefficient (Wildman–Crippen LogP) is 3.12. The number of aliphatic hydroxyl groups excluding tert-OH is 1. The number of benzene rings is 1. The topological polar surface area (TPSA) is 29.5 Å². The van der Waals surface area contributed by atoms with Gasteiger partial charge in [-0.05, 0) is 22.4 Å². The van der Waals surface area contributed by atoms with Crippen LogP contribution in [-0.4, -0.2) is 12.2 Å². The molecule has 1 N–H and O–H groups in total. The van der Waals surface area contributed by atoms with Gasteiger partial charge in [0, 0.05) is 12.1 Å². The minimum atomic E-state index is -1.30. The van der Waals surface area contributed by atoms with Crippen molar-refractivity contribution in [1.82, 2.24) is 0 Å². The van der Waals surface area contributed by atoms with Gasteiger partial charge in [0.25, 0.3) is 0 Å². The molecule has 5 heteroatoms. The molecular formula is C12H10F2O2S. The minimum Gasteiger partial charge on any atom is -0.497 e. The van der Waals surface area contributed by atoms with Crippen LogP contribution in [0.2, 0.25) is 0 Å². The molecule has 0 aliphatic heterocycles. The molecule has 1 heterocycles. The van der Waals surface area contributed by atoms with Gasteiger partial charge >= 0.3 is 0 Å². The van der Waals surface area contributed by atoms with Gasteiger partial charge in [0.1, 0.15) is 23.5 Å². The van der Waals surface area contributed by atoms with Gasteiger partial charge in [-0.3, -0.25) is 0 Å². The molecule has 2 rings (SSSR count). The van der Waals surface area contributed by atoms with Crippen molar-refractivity contribution < 1.29 is 18.6 Å². The monoisotopic (exact) mass is 256 g/mol. The Morgan fingerprint density at radius 3 is 2.41 bits per heavy atom. The maximum atomic E-state index is 13.7. The first-order valence-corrected chi connectivity index (χ1v) is 5.81. The SMILES string of the molecule is COc1cc(F)c(C(O)c2ccsc2)c(F)c1. The molecule has 0 amide bonds. The van der Waals surface area contributed by atoms with Crippen LogP contribution in [0.5, 0.6) is 5.75 Å². The Balaban J connectivity index is 2.45. The third kappa shape index (κ3) is 2.30. The van der Waals surface area contributed by atoms with Crippen LogP contribution in [-0.2, 0) is 0 Å². The van der Waals surface area contributed by atoms with Crippen LogP contribution in [0.3, 0.4) is 0 Å². The van der Waals surface area contributed by atoms with E-state index >= 15 is 0 Å². The van der Waals surface area contributed by atoms with Gasteiger partial charge in [0.05, 0.1) is 12.7 Å². The molecule has 1 aromatic heterocycles. The second-order valence-electron chi connectivity index (χ2n) is 3.46. The molecule has 2 nitrogen and oxygen atoms in total. The highest BCUT2D eigenvalue weighted by Crippen LogP contribution is 2.30. The molecule has 1 aromatic carbocycles. The van der Waals surface area contributed by atoms with E-state index in [9.17, 15) is 13.9 Å². The highest BCUT2D eigenvalue weighted by atomic mass is 32.1. The second-order valence-corrected chi connectivity index (χ2v) is 4.24. The zero-order chi connectivity index (χ0) is 12.4. The van der Waals surface area contributed by atoms with Crippen molar-refractivity contribution >= 4 is 11.3 Å². The molecule has 0 spiro atoms. The quantitative estimate of drug-likeness (QED) is 0.914. The first-order valence-electron chi connectivity index (χ1n) is 4.86. The fourth-order valence-electron chi connectivity index (χ4n) is 1.54. The Bertz CT molecular complexity index is 488. The number of hydrogen-bond acceptors (Lipinski definition) is 3. The maximum absolute atomic E-state index is 13.7. The van der Waals surface area contributed by atoms with Crippen molar-refractivity contribution in [2.24, 2.45) is 0 Å². The van der Waals surface area contributed by atoms with Crippen LogP contribution in [0, 0.1) is 11.6 Å². The zero-order valence-electron chi connectivity index (χ0n) is 8.98. The number of methoxy groups -OCH3 is 1. The van der Waals surface area contributed by atoms with Crippen LogP contribution in [0.15, 0.2) is 29.0 Å². The van der Waals surface area contributed by atoms with Gasteiger partial charge in [-0.2, -0.15) is 11.3 Å². The number of hydrogen-bond donors (Lipinski definition) is 1. The van der Waals surface area contributed by atoms with Gasteiger partial charge in [0.15, 0.2) is 0 Å². The number of aliphatic hydroxyl groups is 1. The average molecular weight is 256 g/mol. The number of halogens is 2. The molecule has 0 radical (unpaired) electrons. The average Bonchev–Trinajstić information content (AvgIpc) is 2.81. The predicted molar refractivity (Wildman–Crippen MR) is 61.3 cm³/mol. The molecule has 0 aliphatic carbocycles. The zero-order valence-corrected chi connectivity index (χ0v) is 9.80. The van der Waals surface area contributed by atoms with E-state index in [1.54, 1.807) is 16.8 Å². The fraction of sp³-hybridized carbons (Fsp3) is 0.167. The van der Waals surface area contributed by atoms with Gasteiger partial charge in [-0.1, -0.05) is 0 Å². The lowest BCUT2D eigenvalue weighted by Crippen LogP contribution is -2.05. The largest absolute Gasteiger partial charge is 0.497 e. The maximum Gasteiger partial charge on any atom is 0.135 e. The summed E-state index contributed by atoms with van der Waals surface area (Å²) < 4.78 is 32.1. The Morgan fingerprint density at radius 2 is 1.94 bits per heavy atom. The summed E-state index contributed by atoms with van der Waals surface area (Å²) in [5.74, 6) is -1.55. The normalized spacial score (nSPS) is 12.5. The van der Waals surface area contributed by atoms with Crippen LogP contribution in [0.1, 0.15) is 17.2 Å². The number of rotatable bonds is 3. The summed E-state index contributed by atoms with van der Waals surface area (Å²) in [5, 5.41) is 13.3. The Labute approximate surface area is 101 Å². The van der Waals surface area contributed by atoms with E-state index in [4.69, 9.17) is 4.74 Å². The molecule has 17 heavy (non-hydrogen) atoms. The summed E-state index contributed by atoms with van der Waals surface area (Å²) in [4.78, 5) is 0. The van der Waals surface area contributed by atoms with E-state index < -0.39 is 17.7 Å². The van der Waals surface area contributed by atoms with Crippen LogP contribution in [0.25, 0.3) is 0 Å². The summed E-state index contributed by atoms with van der Waals surface area (Å²) in [6, 6.07) is 3.72. The summed E-state index contributed by atoms with van der Waals surface area (Å²) in [5.41, 5.74) is 0.113. The molecular weight excluding hydrogens is 246 g/mol. The van der Waals surface area contributed by atoms with Crippen LogP contribution in [0.4, 0.5) is 8.78 Å². The molecule has 1 unspecified atom stereocenters. The van der Waals surface area contributed by atoms with Crippen molar-refractivity contribution in [2.45, 2.75) is 6.10 Å². The van der Waals surface area contributed by atoms with E-state index in [1.807, 2.05) is 0 Å². The van der Waals surface area contributed by atoms with E-state index in [0.717, 1.165) is 12.1 Å². The standard InChI is InChI=1S/C12H10F2O2S/c1-16-8-4-9(13)11(10(14)5-8)12(15)7-2-3-17-6-7/h2-6,12,15H,1H3. The highest BCUT2D eigenvalue weighted by molar-refractivity contribution is 7.07. The minimum absolute atomic E-state index is 0.0845. The molecule has 0 bridgehead atoms. The molecule has 90 valence electrons. The van der Waals surface area contributed by atoms with Crippen LogP contribution >= 0.6 is 11.3 Å².